The minimum absolute atomic E-state index is 0.0618. The zero-order valence-electron chi connectivity index (χ0n) is 20.0. The number of carbonyl (C=O) groups excluding carboxylic acids is 4. The Bertz CT molecular complexity index is 502. The first-order valence-electron chi connectivity index (χ1n) is 9.81. The summed E-state index contributed by atoms with van der Waals surface area (Å²) in [5.41, 5.74) is 0. The molecule has 40 heavy (non-hydrogen) atoms. The van der Waals surface area contributed by atoms with Crippen molar-refractivity contribution < 1.29 is 83.3 Å². The second-order valence-electron chi connectivity index (χ2n) is 5.22. The molecule has 0 bridgehead atoms. The van der Waals surface area contributed by atoms with Crippen LogP contribution in [-0.4, -0.2) is 141 Å². The van der Waals surface area contributed by atoms with Crippen molar-refractivity contribution in [2.45, 2.75) is 0 Å². The van der Waals surface area contributed by atoms with Gasteiger partial charge in [0.2, 0.25) is 0 Å². The Balaban J connectivity index is -0.000000459. The molecule has 1 fully saturated rings. The van der Waals surface area contributed by atoms with Gasteiger partial charge in [0.25, 0.3) is 0 Å². The Morgan fingerprint density at radius 1 is 0.400 bits per heavy atom. The number of cyclic esters (lactones) is 4. The SMILES string of the molecule is O=C1OCCOCCOCCOC(=O)C(=O)OCCOCCOCCOC1=O.[Cl][Cu][Cl].[Cl][Cu][Cl].[Cl][Sn][Cl].[Cl][Sn][Cl]. The van der Waals surface area contributed by atoms with E-state index in [1.807, 2.05) is 0 Å². The summed E-state index contributed by atoms with van der Waals surface area (Å²) in [5, 5.41) is 0. The van der Waals surface area contributed by atoms with Gasteiger partial charge in [-0.15, -0.1) is 0 Å². The Hall–Kier alpha value is 2.68. The molecule has 0 spiro atoms. The molecule has 0 aromatic carbocycles. The first-order chi connectivity index (χ1) is 19.3. The van der Waals surface area contributed by atoms with Crippen molar-refractivity contribution in [3.8, 4) is 0 Å². The van der Waals surface area contributed by atoms with E-state index in [2.05, 4.69) is 59.3 Å². The standard InChI is InChI=1S/C16H24O12.8ClH.2Cu.2Sn/c17-13-14(18)27-11-7-23-3-4-24-8-12-28-16(20)15(19)26-10-6-22-2-1-21-5-9-25-13;;;;;;;;;;;;/h1-12H2;8*1H;;;;/q;;;;;;;;;4*+2/p-8. The molecule has 1 saturated heterocycles. The number of carbonyl (C=O) groups is 4. The molecule has 24 heteroatoms. The molecule has 246 valence electrons. The first-order valence-corrected chi connectivity index (χ1v) is 29.4. The molecular formula is C16H24Cl8Cu2O12Sn2. The Morgan fingerprint density at radius 2 is 0.525 bits per heavy atom. The van der Waals surface area contributed by atoms with Crippen molar-refractivity contribution in [1.29, 1.82) is 0 Å². The van der Waals surface area contributed by atoms with Gasteiger partial charge < -0.3 is 37.9 Å². The van der Waals surface area contributed by atoms with Crippen molar-refractivity contribution >= 4 is 138 Å². The summed E-state index contributed by atoms with van der Waals surface area (Å²) >= 11 is -0.137. The third-order valence-corrected chi connectivity index (χ3v) is 2.92. The van der Waals surface area contributed by atoms with E-state index in [9.17, 15) is 19.2 Å². The van der Waals surface area contributed by atoms with Crippen LogP contribution in [0.15, 0.2) is 0 Å². The van der Waals surface area contributed by atoms with Crippen molar-refractivity contribution in [2.75, 3.05) is 79.3 Å². The van der Waals surface area contributed by atoms with Crippen LogP contribution >= 0.6 is 76.1 Å². The zero-order chi connectivity index (χ0) is 31.3. The van der Waals surface area contributed by atoms with Crippen molar-refractivity contribution in [3.05, 3.63) is 0 Å². The molecule has 0 atom stereocenters. The van der Waals surface area contributed by atoms with Crippen molar-refractivity contribution in [2.24, 2.45) is 0 Å². The van der Waals surface area contributed by atoms with E-state index in [4.69, 9.17) is 54.6 Å². The van der Waals surface area contributed by atoms with Crippen molar-refractivity contribution in [1.82, 2.24) is 0 Å². The van der Waals surface area contributed by atoms with Gasteiger partial charge in [-0.1, -0.05) is 0 Å². The fraction of sp³-hybridized carbons (Fsp3) is 0.750. The fourth-order valence-electron chi connectivity index (χ4n) is 1.65. The average Bonchev–Trinajstić information content (AvgIpc) is 2.91. The topological polar surface area (TPSA) is 142 Å². The summed E-state index contributed by atoms with van der Waals surface area (Å²) in [7, 11) is 38.4. The van der Waals surface area contributed by atoms with E-state index in [-0.39, 0.29) is 79.3 Å². The predicted molar refractivity (Wildman–Crippen MR) is 145 cm³/mol. The monoisotopic (exact) mass is 1050 g/mol. The Labute approximate surface area is 296 Å². The maximum absolute atomic E-state index is 11.4. The van der Waals surface area contributed by atoms with Gasteiger partial charge in [-0.05, 0) is 0 Å². The summed E-state index contributed by atoms with van der Waals surface area (Å²) in [6.07, 6.45) is 0. The molecule has 0 N–H and O–H groups in total. The molecule has 1 heterocycles. The van der Waals surface area contributed by atoms with Gasteiger partial charge in [0, 0.05) is 0 Å². The number of halogens is 8. The van der Waals surface area contributed by atoms with Crippen LogP contribution in [0, 0.1) is 0 Å². The summed E-state index contributed by atoms with van der Waals surface area (Å²) in [4.78, 5) is 45.4. The van der Waals surface area contributed by atoms with Crippen LogP contribution in [0.4, 0.5) is 0 Å². The van der Waals surface area contributed by atoms with Gasteiger partial charge in [0.1, 0.15) is 26.4 Å². The van der Waals surface area contributed by atoms with E-state index in [1.54, 1.807) is 0 Å². The average molecular weight is 1060 g/mol. The normalized spacial score (nSPS) is 17.0. The second-order valence-corrected chi connectivity index (χ2v) is 16.8. The summed E-state index contributed by atoms with van der Waals surface area (Å²) in [6, 6.07) is 0. The first kappa shape index (κ1) is 49.6. The van der Waals surface area contributed by atoms with Gasteiger partial charge in [-0.3, -0.25) is 0 Å². The quantitative estimate of drug-likeness (QED) is 0.153. The molecule has 12 nitrogen and oxygen atoms in total. The van der Waals surface area contributed by atoms with Gasteiger partial charge in [0.05, 0.1) is 52.9 Å². The molecule has 1 rings (SSSR count). The van der Waals surface area contributed by atoms with E-state index < -0.39 is 61.7 Å². The molecule has 1 aliphatic heterocycles. The van der Waals surface area contributed by atoms with Crippen molar-refractivity contribution in [3.63, 3.8) is 0 Å². The predicted octanol–water partition coefficient (Wildman–Crippen LogP) is 2.99. The van der Waals surface area contributed by atoms with Gasteiger partial charge >= 0.3 is 164 Å². The molecule has 4 radical (unpaired) electrons. The van der Waals surface area contributed by atoms with Gasteiger partial charge in [-0.25, -0.2) is 19.2 Å². The number of ether oxygens (including phenoxy) is 8. The number of hydrogen-bond donors (Lipinski definition) is 0. The van der Waals surface area contributed by atoms with Crippen LogP contribution < -0.4 is 0 Å². The molecule has 0 aromatic heterocycles. The molecule has 0 unspecified atom stereocenters. The van der Waals surface area contributed by atoms with Crippen LogP contribution in [0.5, 0.6) is 0 Å². The molecule has 1 aliphatic rings. The summed E-state index contributed by atoms with van der Waals surface area (Å²) < 4.78 is 39.2. The molecule has 0 saturated carbocycles. The molecule has 0 aliphatic carbocycles. The zero-order valence-corrected chi connectivity index (χ0v) is 33.6. The summed E-state index contributed by atoms with van der Waals surface area (Å²) in [5.74, 6) is -4.47. The third kappa shape index (κ3) is 47.6. The Kier molecular flexibility index (Phi) is 57.1. The molecule has 0 aromatic rings. The van der Waals surface area contributed by atoms with Crippen LogP contribution in [-0.2, 0) is 83.3 Å². The molecule has 0 amide bonds. The van der Waals surface area contributed by atoms with Crippen LogP contribution in [0.25, 0.3) is 0 Å². The molecular weight excluding hydrogens is 1030 g/mol. The third-order valence-electron chi connectivity index (χ3n) is 2.92. The fourth-order valence-corrected chi connectivity index (χ4v) is 1.65. The van der Waals surface area contributed by atoms with E-state index in [0.717, 1.165) is 26.3 Å². The van der Waals surface area contributed by atoms with Crippen LogP contribution in [0.1, 0.15) is 0 Å². The maximum atomic E-state index is 11.4. The number of rotatable bonds is 0. The minimum atomic E-state index is -1.12. The summed E-state index contributed by atoms with van der Waals surface area (Å²) in [6.45, 7) is 0.512. The van der Waals surface area contributed by atoms with Gasteiger partial charge in [0.15, 0.2) is 0 Å². The second kappa shape index (κ2) is 46.1. The van der Waals surface area contributed by atoms with Gasteiger partial charge in [-0.2, -0.15) is 0 Å². The van der Waals surface area contributed by atoms with E-state index in [0.29, 0.717) is 0 Å². The van der Waals surface area contributed by atoms with E-state index in [1.165, 1.54) is 0 Å². The van der Waals surface area contributed by atoms with Crippen LogP contribution in [0.3, 0.4) is 0 Å². The van der Waals surface area contributed by atoms with Crippen LogP contribution in [0.2, 0.25) is 0 Å². The number of esters is 4. The number of hydrogen-bond acceptors (Lipinski definition) is 12. The van der Waals surface area contributed by atoms with E-state index >= 15 is 0 Å². The Morgan fingerprint density at radius 3 is 0.675 bits per heavy atom.